The minimum absolute atomic E-state index is 0.110. The summed E-state index contributed by atoms with van der Waals surface area (Å²) in [6, 6.07) is 8.12. The van der Waals surface area contributed by atoms with Gasteiger partial charge in [0.25, 0.3) is 0 Å². The van der Waals surface area contributed by atoms with Gasteiger partial charge in [0.2, 0.25) is 5.91 Å². The Morgan fingerprint density at radius 3 is 2.37 bits per heavy atom. The molecule has 0 saturated heterocycles. The van der Waals surface area contributed by atoms with Crippen LogP contribution in [0.25, 0.3) is 6.08 Å². The van der Waals surface area contributed by atoms with Crippen LogP contribution in [-0.4, -0.2) is 35.1 Å². The largest absolute Gasteiger partial charge is 0.389 e. The van der Waals surface area contributed by atoms with E-state index in [0.29, 0.717) is 6.54 Å². The van der Waals surface area contributed by atoms with Gasteiger partial charge in [0.15, 0.2) is 0 Å². The molecule has 0 bridgehead atoms. The molecule has 1 amide bonds. The summed E-state index contributed by atoms with van der Waals surface area (Å²) in [6.07, 6.45) is 4.34. The maximum atomic E-state index is 11.8. The lowest BCUT2D eigenvalue weighted by Crippen LogP contribution is -2.38. The molecule has 0 atom stereocenters. The first-order chi connectivity index (χ1) is 8.81. The van der Waals surface area contributed by atoms with Gasteiger partial charge >= 0.3 is 0 Å². The van der Waals surface area contributed by atoms with Crippen molar-refractivity contribution in [1.82, 2.24) is 4.90 Å². The fourth-order valence-electron chi connectivity index (χ4n) is 1.82. The molecule has 3 nitrogen and oxygen atoms in total. The van der Waals surface area contributed by atoms with Gasteiger partial charge in [-0.15, -0.1) is 0 Å². The molecule has 3 heteroatoms. The maximum absolute atomic E-state index is 11.8. The standard InChI is InChI=1S/C16H23NO2/c1-5-13-6-8-14(9-7-13)10-11-15(18)17(4)12-16(2,3)19/h6-11,19H,5,12H2,1-4H3. The fourth-order valence-corrected chi connectivity index (χ4v) is 1.82. The molecule has 0 aliphatic heterocycles. The Labute approximate surface area is 115 Å². The van der Waals surface area contributed by atoms with E-state index in [0.717, 1.165) is 12.0 Å². The van der Waals surface area contributed by atoms with Crippen molar-refractivity contribution in [1.29, 1.82) is 0 Å². The molecule has 1 N–H and O–H groups in total. The van der Waals surface area contributed by atoms with Gasteiger partial charge in [-0.3, -0.25) is 4.79 Å². The average molecular weight is 261 g/mol. The molecule has 0 aliphatic rings. The SMILES string of the molecule is CCc1ccc(C=CC(=O)N(C)CC(C)(C)O)cc1. The summed E-state index contributed by atoms with van der Waals surface area (Å²) in [4.78, 5) is 13.4. The zero-order valence-corrected chi connectivity index (χ0v) is 12.2. The first kappa shape index (κ1) is 15.4. The van der Waals surface area contributed by atoms with Crippen LogP contribution in [0.2, 0.25) is 0 Å². The second-order valence-corrected chi connectivity index (χ2v) is 5.44. The molecule has 104 valence electrons. The van der Waals surface area contributed by atoms with Gasteiger partial charge in [0, 0.05) is 19.7 Å². The van der Waals surface area contributed by atoms with Crippen LogP contribution in [0.5, 0.6) is 0 Å². The monoisotopic (exact) mass is 261 g/mol. The minimum atomic E-state index is -0.874. The number of nitrogens with zero attached hydrogens (tertiary/aromatic N) is 1. The van der Waals surface area contributed by atoms with Crippen LogP contribution in [-0.2, 0) is 11.2 Å². The Kier molecular flexibility index (Phi) is 5.31. The molecule has 0 unspecified atom stereocenters. The molecule has 1 rings (SSSR count). The van der Waals surface area contributed by atoms with E-state index in [-0.39, 0.29) is 5.91 Å². The topological polar surface area (TPSA) is 40.5 Å². The van der Waals surface area contributed by atoms with E-state index in [2.05, 4.69) is 19.1 Å². The van der Waals surface area contributed by atoms with E-state index in [4.69, 9.17) is 0 Å². The smallest absolute Gasteiger partial charge is 0.246 e. The Morgan fingerprint density at radius 1 is 1.32 bits per heavy atom. The number of benzene rings is 1. The van der Waals surface area contributed by atoms with Crippen LogP contribution in [0.15, 0.2) is 30.3 Å². The molecule has 0 spiro atoms. The zero-order chi connectivity index (χ0) is 14.5. The van der Waals surface area contributed by atoms with Gasteiger partial charge in [-0.25, -0.2) is 0 Å². The number of carbonyl (C=O) groups excluding carboxylic acids is 1. The second-order valence-electron chi connectivity index (χ2n) is 5.44. The molecular formula is C16H23NO2. The van der Waals surface area contributed by atoms with Crippen molar-refractivity contribution in [2.45, 2.75) is 32.8 Å². The van der Waals surface area contributed by atoms with Crippen molar-refractivity contribution in [3.8, 4) is 0 Å². The summed E-state index contributed by atoms with van der Waals surface area (Å²) in [7, 11) is 1.69. The highest BCUT2D eigenvalue weighted by atomic mass is 16.3. The molecule has 0 aliphatic carbocycles. The van der Waals surface area contributed by atoms with E-state index in [1.165, 1.54) is 16.5 Å². The highest BCUT2D eigenvalue weighted by molar-refractivity contribution is 5.91. The average Bonchev–Trinajstić information content (AvgIpc) is 2.34. The Bertz CT molecular complexity index is 441. The molecule has 19 heavy (non-hydrogen) atoms. The van der Waals surface area contributed by atoms with E-state index in [1.807, 2.05) is 12.1 Å². The van der Waals surface area contributed by atoms with Gasteiger partial charge in [0.05, 0.1) is 5.60 Å². The Balaban J connectivity index is 2.62. The third-order valence-corrected chi connectivity index (χ3v) is 2.81. The van der Waals surface area contributed by atoms with E-state index < -0.39 is 5.60 Å². The van der Waals surface area contributed by atoms with Crippen molar-refractivity contribution in [2.24, 2.45) is 0 Å². The number of aliphatic hydroxyl groups is 1. The normalized spacial score (nSPS) is 11.8. The first-order valence-corrected chi connectivity index (χ1v) is 6.56. The molecular weight excluding hydrogens is 238 g/mol. The predicted molar refractivity (Wildman–Crippen MR) is 78.8 cm³/mol. The quantitative estimate of drug-likeness (QED) is 0.827. The predicted octanol–water partition coefficient (Wildman–Crippen LogP) is 2.49. The maximum Gasteiger partial charge on any atom is 0.246 e. The van der Waals surface area contributed by atoms with Crippen molar-refractivity contribution in [3.05, 3.63) is 41.5 Å². The second kappa shape index (κ2) is 6.53. The van der Waals surface area contributed by atoms with Gasteiger partial charge in [0.1, 0.15) is 0 Å². The van der Waals surface area contributed by atoms with Crippen LogP contribution in [0, 0.1) is 0 Å². The molecule has 1 aromatic carbocycles. The molecule has 0 fully saturated rings. The first-order valence-electron chi connectivity index (χ1n) is 6.56. The van der Waals surface area contributed by atoms with E-state index in [1.54, 1.807) is 27.0 Å². The summed E-state index contributed by atoms with van der Waals surface area (Å²) < 4.78 is 0. The molecule has 0 aromatic heterocycles. The van der Waals surface area contributed by atoms with Gasteiger partial charge in [-0.2, -0.15) is 0 Å². The van der Waals surface area contributed by atoms with Crippen LogP contribution in [0.1, 0.15) is 31.9 Å². The van der Waals surface area contributed by atoms with E-state index in [9.17, 15) is 9.90 Å². The highest BCUT2D eigenvalue weighted by Crippen LogP contribution is 2.08. The molecule has 1 aromatic rings. The number of carbonyl (C=O) groups is 1. The van der Waals surface area contributed by atoms with Gasteiger partial charge in [-0.1, -0.05) is 31.2 Å². The number of likely N-dealkylation sites (N-methyl/N-ethyl adjacent to an activating group) is 1. The van der Waals surface area contributed by atoms with E-state index >= 15 is 0 Å². The number of rotatable bonds is 5. The lowest BCUT2D eigenvalue weighted by atomic mass is 10.1. The molecule has 0 saturated carbocycles. The van der Waals surface area contributed by atoms with Gasteiger partial charge in [-0.05, 0) is 37.5 Å². The van der Waals surface area contributed by atoms with Crippen LogP contribution in [0.4, 0.5) is 0 Å². The van der Waals surface area contributed by atoms with Gasteiger partial charge < -0.3 is 10.0 Å². The number of amides is 1. The summed E-state index contributed by atoms with van der Waals surface area (Å²) in [6.45, 7) is 5.79. The van der Waals surface area contributed by atoms with Crippen molar-refractivity contribution >= 4 is 12.0 Å². The van der Waals surface area contributed by atoms with Crippen molar-refractivity contribution in [2.75, 3.05) is 13.6 Å². The summed E-state index contributed by atoms with van der Waals surface area (Å²) >= 11 is 0. The minimum Gasteiger partial charge on any atom is -0.389 e. The number of aryl methyl sites for hydroxylation is 1. The summed E-state index contributed by atoms with van der Waals surface area (Å²) in [5.41, 5.74) is 1.41. The van der Waals surface area contributed by atoms with Crippen molar-refractivity contribution < 1.29 is 9.90 Å². The van der Waals surface area contributed by atoms with Crippen LogP contribution < -0.4 is 0 Å². The third kappa shape index (κ3) is 5.71. The van der Waals surface area contributed by atoms with Crippen LogP contribution in [0.3, 0.4) is 0 Å². The number of hydrogen-bond acceptors (Lipinski definition) is 2. The molecule has 0 heterocycles. The Hall–Kier alpha value is -1.61. The highest BCUT2D eigenvalue weighted by Gasteiger charge is 2.17. The lowest BCUT2D eigenvalue weighted by molar-refractivity contribution is -0.127. The summed E-state index contributed by atoms with van der Waals surface area (Å²) in [5.74, 6) is -0.110. The van der Waals surface area contributed by atoms with Crippen molar-refractivity contribution in [3.63, 3.8) is 0 Å². The summed E-state index contributed by atoms with van der Waals surface area (Å²) in [5, 5.41) is 9.66. The fraction of sp³-hybridized carbons (Fsp3) is 0.438. The van der Waals surface area contributed by atoms with Crippen LogP contribution >= 0.6 is 0 Å². The number of hydrogen-bond donors (Lipinski definition) is 1. The lowest BCUT2D eigenvalue weighted by Gasteiger charge is -2.24. The zero-order valence-electron chi connectivity index (χ0n) is 12.2. The molecule has 0 radical (unpaired) electrons. The third-order valence-electron chi connectivity index (χ3n) is 2.81. The Morgan fingerprint density at radius 2 is 1.89 bits per heavy atom.